The molecule has 0 saturated heterocycles. The molecule has 2 N–H and O–H groups in total. The summed E-state index contributed by atoms with van der Waals surface area (Å²) in [5.74, 6) is 0.313. The molecular formula is C23H21Cl2FN6S. The molecule has 0 aliphatic rings. The number of hydrogen-bond acceptors (Lipinski definition) is 3. The lowest BCUT2D eigenvalue weighted by molar-refractivity contribution is 0.619. The third-order valence-electron chi connectivity index (χ3n) is 5.07. The van der Waals surface area contributed by atoms with Crippen LogP contribution in [-0.2, 0) is 13.1 Å². The number of aromatic nitrogens is 4. The zero-order chi connectivity index (χ0) is 23.5. The van der Waals surface area contributed by atoms with Gasteiger partial charge in [-0.25, -0.2) is 4.39 Å². The van der Waals surface area contributed by atoms with Gasteiger partial charge >= 0.3 is 0 Å². The molecule has 33 heavy (non-hydrogen) atoms. The predicted molar refractivity (Wildman–Crippen MR) is 135 cm³/mol. The van der Waals surface area contributed by atoms with Crippen molar-refractivity contribution in [1.82, 2.24) is 19.6 Å². The molecular weight excluding hydrogens is 482 g/mol. The first-order valence-corrected chi connectivity index (χ1v) is 11.3. The minimum Gasteiger partial charge on any atom is -0.329 e. The lowest BCUT2D eigenvalue weighted by Crippen LogP contribution is -2.20. The van der Waals surface area contributed by atoms with Gasteiger partial charge in [0.05, 0.1) is 30.2 Å². The summed E-state index contributed by atoms with van der Waals surface area (Å²) in [5.41, 5.74) is 4.28. The van der Waals surface area contributed by atoms with E-state index in [-0.39, 0.29) is 5.82 Å². The first-order valence-electron chi connectivity index (χ1n) is 10.1. The van der Waals surface area contributed by atoms with Crippen molar-refractivity contribution in [3.63, 3.8) is 0 Å². The fraction of sp³-hybridized carbons (Fsp3) is 0.174. The summed E-state index contributed by atoms with van der Waals surface area (Å²) in [7, 11) is 0. The number of aryl methyl sites for hydroxylation is 1. The van der Waals surface area contributed by atoms with Crippen molar-refractivity contribution >= 4 is 52.0 Å². The van der Waals surface area contributed by atoms with Gasteiger partial charge in [0.25, 0.3) is 0 Å². The molecule has 0 spiro atoms. The molecule has 0 bridgehead atoms. The number of rotatable bonds is 6. The average molecular weight is 503 g/mol. The highest BCUT2D eigenvalue weighted by atomic mass is 35.5. The van der Waals surface area contributed by atoms with Crippen LogP contribution in [0.4, 0.5) is 15.9 Å². The van der Waals surface area contributed by atoms with Gasteiger partial charge in [-0.2, -0.15) is 10.2 Å². The number of nitrogens with one attached hydrogen (secondary N) is 2. The fourth-order valence-electron chi connectivity index (χ4n) is 3.44. The van der Waals surface area contributed by atoms with Gasteiger partial charge in [-0.3, -0.25) is 9.36 Å². The zero-order valence-corrected chi connectivity index (χ0v) is 20.3. The Hall–Kier alpha value is -2.94. The zero-order valence-electron chi connectivity index (χ0n) is 17.9. The van der Waals surface area contributed by atoms with Crippen molar-refractivity contribution < 1.29 is 4.39 Å². The largest absolute Gasteiger partial charge is 0.329 e. The van der Waals surface area contributed by atoms with Gasteiger partial charge in [0.2, 0.25) is 0 Å². The molecule has 2 aromatic heterocycles. The van der Waals surface area contributed by atoms with Gasteiger partial charge in [-0.05, 0) is 61.5 Å². The monoisotopic (exact) mass is 502 g/mol. The first kappa shape index (κ1) is 23.2. The molecule has 0 radical (unpaired) electrons. The molecule has 4 rings (SSSR count). The van der Waals surface area contributed by atoms with E-state index in [1.54, 1.807) is 35.1 Å². The van der Waals surface area contributed by atoms with E-state index in [0.717, 1.165) is 28.2 Å². The van der Waals surface area contributed by atoms with Crippen molar-refractivity contribution in [2.75, 3.05) is 10.6 Å². The molecule has 4 aromatic rings. The smallest absolute Gasteiger partial charge is 0.176 e. The summed E-state index contributed by atoms with van der Waals surface area (Å²) in [5, 5.41) is 16.9. The lowest BCUT2D eigenvalue weighted by Gasteiger charge is -2.10. The van der Waals surface area contributed by atoms with Crippen LogP contribution in [0.2, 0.25) is 10.0 Å². The highest BCUT2D eigenvalue weighted by Gasteiger charge is 2.15. The topological polar surface area (TPSA) is 59.7 Å². The summed E-state index contributed by atoms with van der Waals surface area (Å²) in [6.45, 7) is 4.83. The third-order valence-corrected chi connectivity index (χ3v) is 5.86. The number of benzene rings is 2. The highest BCUT2D eigenvalue weighted by Crippen LogP contribution is 2.25. The van der Waals surface area contributed by atoms with Crippen molar-refractivity contribution in [2.24, 2.45) is 0 Å². The molecule has 0 unspecified atom stereocenters. The van der Waals surface area contributed by atoms with Gasteiger partial charge in [0, 0.05) is 22.3 Å². The van der Waals surface area contributed by atoms with Crippen molar-refractivity contribution in [1.29, 1.82) is 0 Å². The molecule has 0 saturated carbocycles. The van der Waals surface area contributed by atoms with Crippen LogP contribution < -0.4 is 10.6 Å². The number of halogens is 3. The highest BCUT2D eigenvalue weighted by molar-refractivity contribution is 7.80. The first-order chi connectivity index (χ1) is 15.8. The van der Waals surface area contributed by atoms with Crippen molar-refractivity contribution in [3.8, 4) is 0 Å². The Morgan fingerprint density at radius 1 is 1.03 bits per heavy atom. The SMILES string of the molecule is Cc1nn(Cc2ccc(Cl)cc2Cl)c(C)c1NC(=S)Nc1ccn(Cc2cccc(F)c2)n1. The summed E-state index contributed by atoms with van der Waals surface area (Å²) >= 11 is 17.8. The maximum Gasteiger partial charge on any atom is 0.176 e. The Kier molecular flexibility index (Phi) is 6.97. The lowest BCUT2D eigenvalue weighted by atomic mass is 10.2. The molecule has 0 aliphatic carbocycles. The van der Waals surface area contributed by atoms with Crippen LogP contribution in [0.25, 0.3) is 0 Å². The van der Waals surface area contributed by atoms with E-state index in [4.69, 9.17) is 35.4 Å². The Morgan fingerprint density at radius 2 is 1.85 bits per heavy atom. The number of hydrogen-bond donors (Lipinski definition) is 2. The van der Waals surface area contributed by atoms with Crippen LogP contribution in [-0.4, -0.2) is 24.7 Å². The summed E-state index contributed by atoms with van der Waals surface area (Å²) in [6, 6.07) is 13.7. The van der Waals surface area contributed by atoms with E-state index in [1.165, 1.54) is 12.1 Å². The standard InChI is InChI=1S/C23H21Cl2FN6S/c1-14-22(15(2)32(29-14)13-17-6-7-18(24)11-20(17)25)28-23(33)27-21-8-9-31(30-21)12-16-4-3-5-19(26)10-16/h3-11H,12-13H2,1-2H3,(H2,27,28,30,33). The number of nitrogens with zero attached hydrogens (tertiary/aromatic N) is 4. The van der Waals surface area contributed by atoms with Crippen LogP contribution >= 0.6 is 35.4 Å². The maximum absolute atomic E-state index is 13.4. The second kappa shape index (κ2) is 9.91. The molecule has 2 heterocycles. The molecule has 10 heteroatoms. The summed E-state index contributed by atoms with van der Waals surface area (Å²) < 4.78 is 17.0. The molecule has 6 nitrogen and oxygen atoms in total. The molecule has 0 fully saturated rings. The molecule has 0 amide bonds. The van der Waals surface area contributed by atoms with Crippen LogP contribution in [0.1, 0.15) is 22.5 Å². The van der Waals surface area contributed by atoms with Crippen LogP contribution in [0.5, 0.6) is 0 Å². The van der Waals surface area contributed by atoms with E-state index in [0.29, 0.717) is 34.1 Å². The number of thiocarbonyl (C=S) groups is 1. The minimum atomic E-state index is -0.270. The molecule has 0 aliphatic heterocycles. The Morgan fingerprint density at radius 3 is 2.61 bits per heavy atom. The van der Waals surface area contributed by atoms with E-state index in [2.05, 4.69) is 20.8 Å². The van der Waals surface area contributed by atoms with E-state index in [9.17, 15) is 4.39 Å². The fourth-order valence-corrected chi connectivity index (χ4v) is 4.12. The quantitative estimate of drug-likeness (QED) is 0.314. The summed E-state index contributed by atoms with van der Waals surface area (Å²) in [4.78, 5) is 0. The summed E-state index contributed by atoms with van der Waals surface area (Å²) in [6.07, 6.45) is 1.81. The van der Waals surface area contributed by atoms with Gasteiger partial charge in [0.15, 0.2) is 10.9 Å². The van der Waals surface area contributed by atoms with Crippen LogP contribution in [0, 0.1) is 19.7 Å². The Labute approximate surface area is 206 Å². The van der Waals surface area contributed by atoms with Crippen molar-refractivity contribution in [3.05, 3.63) is 93.1 Å². The average Bonchev–Trinajstić information content (AvgIpc) is 3.29. The van der Waals surface area contributed by atoms with Crippen LogP contribution in [0.15, 0.2) is 54.7 Å². The van der Waals surface area contributed by atoms with Gasteiger partial charge in [0.1, 0.15) is 5.82 Å². The van der Waals surface area contributed by atoms with Gasteiger partial charge in [-0.15, -0.1) is 0 Å². The normalized spacial score (nSPS) is 10.9. The second-order valence-electron chi connectivity index (χ2n) is 7.55. The molecule has 0 atom stereocenters. The second-order valence-corrected chi connectivity index (χ2v) is 8.80. The predicted octanol–water partition coefficient (Wildman–Crippen LogP) is 6.05. The maximum atomic E-state index is 13.4. The molecule has 2 aromatic carbocycles. The van der Waals surface area contributed by atoms with Crippen LogP contribution in [0.3, 0.4) is 0 Å². The van der Waals surface area contributed by atoms with Gasteiger partial charge in [-0.1, -0.05) is 41.4 Å². The van der Waals surface area contributed by atoms with Crippen molar-refractivity contribution in [2.45, 2.75) is 26.9 Å². The minimum absolute atomic E-state index is 0.270. The third kappa shape index (κ3) is 5.71. The Balaban J connectivity index is 1.41. The van der Waals surface area contributed by atoms with Gasteiger partial charge < -0.3 is 10.6 Å². The molecule has 170 valence electrons. The van der Waals surface area contributed by atoms with E-state index < -0.39 is 0 Å². The Bertz CT molecular complexity index is 1320. The van der Waals surface area contributed by atoms with E-state index >= 15 is 0 Å². The van der Waals surface area contributed by atoms with E-state index in [1.807, 2.05) is 30.7 Å². The number of anilines is 2.